The topological polar surface area (TPSA) is 9.23 Å². The van der Waals surface area contributed by atoms with E-state index in [1.165, 1.54) is 50.7 Å². The van der Waals surface area contributed by atoms with Gasteiger partial charge in [0, 0.05) is 18.5 Å². The molecule has 0 spiro atoms. The number of rotatable bonds is 12. The fourth-order valence-electron chi connectivity index (χ4n) is 1.38. The minimum atomic E-state index is 0.960. The third-order valence-electron chi connectivity index (χ3n) is 2.31. The maximum atomic E-state index is 5.57. The van der Waals surface area contributed by atoms with Gasteiger partial charge in [0.15, 0.2) is 0 Å². The number of hydrogen-bond donors (Lipinski definition) is 0. The monoisotopic (exact) mass is 296 g/mol. The smallest absolute Gasteiger partial charge is 0.0466 e. The van der Waals surface area contributed by atoms with Crippen LogP contribution in [0.25, 0.3) is 0 Å². The Morgan fingerprint density at radius 3 is 2.13 bits per heavy atom. The normalized spacial score (nSPS) is 10.8. The number of hydrogen-bond acceptors (Lipinski definition) is 2. The molecule has 0 aliphatic carbocycles. The Kier molecular flexibility index (Phi) is 15.6. The van der Waals surface area contributed by atoms with Crippen LogP contribution in [0.2, 0.25) is 0 Å². The van der Waals surface area contributed by atoms with Crippen molar-refractivity contribution in [2.45, 2.75) is 44.9 Å². The van der Waals surface area contributed by atoms with Gasteiger partial charge in [-0.05, 0) is 37.7 Å². The third kappa shape index (κ3) is 14.8. The van der Waals surface area contributed by atoms with Crippen molar-refractivity contribution in [2.75, 3.05) is 30.6 Å². The highest BCUT2D eigenvalue weighted by molar-refractivity contribution is 9.09. The molecule has 0 rings (SSSR count). The molecule has 0 radical (unpaired) electrons. The van der Waals surface area contributed by atoms with Crippen LogP contribution in [-0.2, 0) is 4.74 Å². The van der Waals surface area contributed by atoms with Crippen molar-refractivity contribution in [3.05, 3.63) is 0 Å². The number of unbranched alkanes of at least 4 members (excludes halogenated alkanes) is 5. The summed E-state index contributed by atoms with van der Waals surface area (Å²) < 4.78 is 5.57. The number of alkyl halides is 1. The molecule has 0 aromatic heterocycles. The van der Waals surface area contributed by atoms with Crippen LogP contribution in [0.5, 0.6) is 0 Å². The molecule has 0 aliphatic rings. The van der Waals surface area contributed by atoms with Crippen molar-refractivity contribution in [1.82, 2.24) is 0 Å². The Bertz CT molecular complexity index is 99.8. The van der Waals surface area contributed by atoms with Gasteiger partial charge in [-0.3, -0.25) is 0 Å². The molecule has 0 fully saturated rings. The third-order valence-corrected chi connectivity index (χ3v) is 3.57. The molecular formula is C12H25BrOS. The zero-order valence-corrected chi connectivity index (χ0v) is 12.4. The van der Waals surface area contributed by atoms with E-state index >= 15 is 0 Å². The van der Waals surface area contributed by atoms with E-state index in [1.54, 1.807) is 0 Å². The second-order valence-electron chi connectivity index (χ2n) is 3.77. The van der Waals surface area contributed by atoms with Gasteiger partial charge in [-0.25, -0.2) is 0 Å². The van der Waals surface area contributed by atoms with Crippen molar-refractivity contribution in [1.29, 1.82) is 0 Å². The average molecular weight is 297 g/mol. The molecule has 15 heavy (non-hydrogen) atoms. The summed E-state index contributed by atoms with van der Waals surface area (Å²) in [6.45, 7) is 1.93. The summed E-state index contributed by atoms with van der Waals surface area (Å²) in [5, 5.41) is 1.15. The zero-order chi connectivity index (χ0) is 11.2. The quantitative estimate of drug-likeness (QED) is 0.388. The second-order valence-corrected chi connectivity index (χ2v) is 5.55. The summed E-state index contributed by atoms with van der Waals surface area (Å²) in [5.41, 5.74) is 0. The van der Waals surface area contributed by atoms with Crippen LogP contribution >= 0.6 is 27.7 Å². The lowest BCUT2D eigenvalue weighted by atomic mass is 10.2. The van der Waals surface area contributed by atoms with Crippen molar-refractivity contribution < 1.29 is 4.74 Å². The van der Waals surface area contributed by atoms with Gasteiger partial charge in [0.25, 0.3) is 0 Å². The number of halogens is 1. The first kappa shape index (κ1) is 15.8. The van der Waals surface area contributed by atoms with E-state index in [4.69, 9.17) is 4.74 Å². The molecule has 0 aromatic rings. The van der Waals surface area contributed by atoms with Crippen LogP contribution in [0.1, 0.15) is 44.9 Å². The summed E-state index contributed by atoms with van der Waals surface area (Å²) in [6.07, 6.45) is 11.3. The molecule has 0 unspecified atom stereocenters. The molecule has 0 saturated heterocycles. The lowest BCUT2D eigenvalue weighted by Gasteiger charge is -2.03. The molecule has 0 saturated carbocycles. The molecule has 0 heterocycles. The van der Waals surface area contributed by atoms with E-state index in [-0.39, 0.29) is 0 Å². The van der Waals surface area contributed by atoms with E-state index in [9.17, 15) is 0 Å². The van der Waals surface area contributed by atoms with E-state index in [2.05, 4.69) is 22.2 Å². The predicted octanol–water partition coefficient (Wildman–Crippen LogP) is 4.49. The summed E-state index contributed by atoms with van der Waals surface area (Å²) in [5.74, 6) is 1.27. The van der Waals surface area contributed by atoms with Crippen molar-refractivity contribution in [2.24, 2.45) is 0 Å². The van der Waals surface area contributed by atoms with E-state index in [1.807, 2.05) is 11.8 Å². The Labute approximate surface area is 108 Å². The molecule has 0 aliphatic heterocycles. The van der Waals surface area contributed by atoms with Gasteiger partial charge in [0.05, 0.1) is 0 Å². The standard InChI is InChI=1S/C12H25BrOS/c1-15-12-8-7-11-14-10-6-4-2-3-5-9-13/h2-12H2,1H3. The van der Waals surface area contributed by atoms with Crippen LogP contribution < -0.4 is 0 Å². The molecule has 0 amide bonds. The summed E-state index contributed by atoms with van der Waals surface area (Å²) in [4.78, 5) is 0. The van der Waals surface area contributed by atoms with E-state index in [0.29, 0.717) is 0 Å². The van der Waals surface area contributed by atoms with Crippen molar-refractivity contribution in [3.8, 4) is 0 Å². The highest BCUT2D eigenvalue weighted by Crippen LogP contribution is 2.05. The Morgan fingerprint density at radius 1 is 0.867 bits per heavy atom. The predicted molar refractivity (Wildman–Crippen MR) is 75.3 cm³/mol. The maximum absolute atomic E-state index is 5.57. The Balaban J connectivity index is 2.81. The van der Waals surface area contributed by atoms with Gasteiger partial charge in [-0.1, -0.05) is 35.2 Å². The molecule has 1 nitrogen and oxygen atoms in total. The molecule has 0 atom stereocenters. The highest BCUT2D eigenvalue weighted by Gasteiger charge is 1.92. The van der Waals surface area contributed by atoms with Crippen LogP contribution in [0, 0.1) is 0 Å². The number of thioether (sulfide) groups is 1. The van der Waals surface area contributed by atoms with Gasteiger partial charge in [-0.2, -0.15) is 11.8 Å². The fraction of sp³-hybridized carbons (Fsp3) is 1.00. The van der Waals surface area contributed by atoms with Crippen molar-refractivity contribution in [3.63, 3.8) is 0 Å². The Hall–Kier alpha value is 0.790. The first-order valence-corrected chi connectivity index (χ1v) is 8.56. The van der Waals surface area contributed by atoms with Gasteiger partial charge < -0.3 is 4.74 Å². The highest BCUT2D eigenvalue weighted by atomic mass is 79.9. The maximum Gasteiger partial charge on any atom is 0.0466 e. The lowest BCUT2D eigenvalue weighted by molar-refractivity contribution is 0.127. The first-order valence-electron chi connectivity index (χ1n) is 6.04. The molecule has 0 N–H and O–H groups in total. The zero-order valence-electron chi connectivity index (χ0n) is 9.97. The van der Waals surface area contributed by atoms with Crippen LogP contribution in [-0.4, -0.2) is 30.6 Å². The van der Waals surface area contributed by atoms with Gasteiger partial charge in [0.1, 0.15) is 0 Å². The average Bonchev–Trinajstić information content (AvgIpc) is 2.26. The van der Waals surface area contributed by atoms with Gasteiger partial charge in [0.2, 0.25) is 0 Å². The largest absolute Gasteiger partial charge is 0.381 e. The van der Waals surface area contributed by atoms with E-state index < -0.39 is 0 Å². The van der Waals surface area contributed by atoms with Crippen molar-refractivity contribution >= 4 is 27.7 Å². The first-order chi connectivity index (χ1) is 7.41. The molecule has 0 bridgehead atoms. The van der Waals surface area contributed by atoms with Crippen LogP contribution in [0.4, 0.5) is 0 Å². The molecular weight excluding hydrogens is 272 g/mol. The summed E-state index contributed by atoms with van der Waals surface area (Å²) in [6, 6.07) is 0. The lowest BCUT2D eigenvalue weighted by Crippen LogP contribution is -1.97. The van der Waals surface area contributed by atoms with Gasteiger partial charge in [-0.15, -0.1) is 0 Å². The summed E-state index contributed by atoms with van der Waals surface area (Å²) >= 11 is 5.37. The Morgan fingerprint density at radius 2 is 1.47 bits per heavy atom. The minimum absolute atomic E-state index is 0.960. The van der Waals surface area contributed by atoms with Gasteiger partial charge >= 0.3 is 0 Å². The van der Waals surface area contributed by atoms with E-state index in [0.717, 1.165) is 18.5 Å². The molecule has 92 valence electrons. The second kappa shape index (κ2) is 14.8. The summed E-state index contributed by atoms with van der Waals surface area (Å²) in [7, 11) is 0. The molecule has 3 heteroatoms. The fourth-order valence-corrected chi connectivity index (χ4v) is 2.27. The minimum Gasteiger partial charge on any atom is -0.381 e. The molecule has 0 aromatic carbocycles. The van der Waals surface area contributed by atoms with Crippen LogP contribution in [0.3, 0.4) is 0 Å². The number of ether oxygens (including phenoxy) is 1. The SMILES string of the molecule is CSCCCCOCCCCCCCBr. The van der Waals surface area contributed by atoms with Crippen LogP contribution in [0.15, 0.2) is 0 Å².